The average Bonchev–Trinajstić information content (AvgIpc) is 2.79. The van der Waals surface area contributed by atoms with Crippen LogP contribution >= 0.6 is 0 Å². The number of aromatic carboxylic acids is 1. The SMILES string of the molecule is [2H]c1c([2H])c(CCCNC[C@]([2H])(O)c2cccc(C)c2)c([2H])c(-c2cccc(C(=O)O)c2)c1[2H]. The molecule has 1 atom stereocenters. The molecule has 0 heterocycles. The predicted molar refractivity (Wildman–Crippen MR) is 116 cm³/mol. The van der Waals surface area contributed by atoms with Crippen LogP contribution in [0.15, 0.2) is 72.7 Å². The van der Waals surface area contributed by atoms with Gasteiger partial charge in [0.15, 0.2) is 0 Å². The Morgan fingerprint density at radius 2 is 2.00 bits per heavy atom. The summed E-state index contributed by atoms with van der Waals surface area (Å²) in [6, 6.07) is 12.2. The number of benzene rings is 3. The summed E-state index contributed by atoms with van der Waals surface area (Å²) in [5, 5.41) is 22.8. The van der Waals surface area contributed by atoms with Crippen molar-refractivity contribution >= 4 is 5.97 Å². The smallest absolute Gasteiger partial charge is 0.335 e. The van der Waals surface area contributed by atoms with Crippen molar-refractivity contribution < 1.29 is 21.9 Å². The van der Waals surface area contributed by atoms with E-state index in [1.165, 1.54) is 18.2 Å². The molecule has 0 aliphatic rings. The van der Waals surface area contributed by atoms with Crippen molar-refractivity contribution in [1.82, 2.24) is 5.32 Å². The molecule has 3 aromatic rings. The highest BCUT2D eigenvalue weighted by atomic mass is 16.4. The molecule has 0 aromatic heterocycles. The summed E-state index contributed by atoms with van der Waals surface area (Å²) in [5.41, 5.74) is 2.23. The number of hydrogen-bond acceptors (Lipinski definition) is 3. The van der Waals surface area contributed by atoms with E-state index in [-0.39, 0.29) is 48.3 Å². The largest absolute Gasteiger partial charge is 0.478 e. The van der Waals surface area contributed by atoms with Crippen molar-refractivity contribution in [2.24, 2.45) is 0 Å². The first-order valence-electron chi connectivity index (χ1n) is 12.0. The van der Waals surface area contributed by atoms with Crippen LogP contribution in [0.1, 0.15) is 46.4 Å². The molecule has 4 nitrogen and oxygen atoms in total. The monoisotopic (exact) mass is 394 g/mol. The number of aliphatic hydroxyl groups is 1. The van der Waals surface area contributed by atoms with Gasteiger partial charge >= 0.3 is 5.97 Å². The fourth-order valence-corrected chi connectivity index (χ4v) is 2.98. The molecule has 0 aliphatic heterocycles. The van der Waals surface area contributed by atoms with Crippen molar-refractivity contribution in [2.45, 2.75) is 25.8 Å². The van der Waals surface area contributed by atoms with Gasteiger partial charge in [-0.2, -0.15) is 0 Å². The minimum absolute atomic E-state index is 0.000496. The number of hydrogen-bond donors (Lipinski definition) is 3. The number of nitrogens with one attached hydrogen (secondary N) is 1. The third-order valence-electron chi connectivity index (χ3n) is 4.50. The van der Waals surface area contributed by atoms with Gasteiger partial charge in [-0.05, 0) is 60.7 Å². The van der Waals surface area contributed by atoms with Gasteiger partial charge in [-0.15, -0.1) is 0 Å². The first-order chi connectivity index (χ1) is 16.0. The summed E-state index contributed by atoms with van der Waals surface area (Å²) < 4.78 is 41.5. The Morgan fingerprint density at radius 3 is 2.79 bits per heavy atom. The lowest BCUT2D eigenvalue weighted by molar-refractivity contribution is 0.0697. The highest BCUT2D eigenvalue weighted by Crippen LogP contribution is 2.22. The molecule has 150 valence electrons. The lowest BCUT2D eigenvalue weighted by Gasteiger charge is -2.13. The van der Waals surface area contributed by atoms with E-state index in [1.54, 1.807) is 24.3 Å². The average molecular weight is 395 g/mol. The number of aryl methyl sites for hydroxylation is 1. The van der Waals surface area contributed by atoms with Gasteiger partial charge in [-0.3, -0.25) is 0 Å². The number of rotatable bonds is 9. The van der Waals surface area contributed by atoms with Gasteiger partial charge in [0.2, 0.25) is 0 Å². The Bertz CT molecular complexity index is 1210. The molecule has 0 saturated carbocycles. The Balaban J connectivity index is 1.74. The molecular formula is C25H27NO3. The molecule has 3 aromatic carbocycles. The zero-order valence-electron chi connectivity index (χ0n) is 21.2. The quantitative estimate of drug-likeness (QED) is 0.463. The topological polar surface area (TPSA) is 69.6 Å². The van der Waals surface area contributed by atoms with Crippen LogP contribution in [0.2, 0.25) is 0 Å². The number of carboxylic acids is 1. The van der Waals surface area contributed by atoms with Crippen molar-refractivity contribution in [1.29, 1.82) is 0 Å². The third-order valence-corrected chi connectivity index (χ3v) is 4.50. The van der Waals surface area contributed by atoms with E-state index in [1.807, 2.05) is 13.0 Å². The van der Waals surface area contributed by atoms with Crippen molar-refractivity contribution in [3.05, 3.63) is 95.0 Å². The summed E-state index contributed by atoms with van der Waals surface area (Å²) in [7, 11) is 0. The molecule has 0 saturated heterocycles. The van der Waals surface area contributed by atoms with Crippen LogP contribution in [-0.4, -0.2) is 29.3 Å². The van der Waals surface area contributed by atoms with Gasteiger partial charge in [-0.1, -0.05) is 66.1 Å². The van der Waals surface area contributed by atoms with E-state index in [0.717, 1.165) is 5.56 Å². The van der Waals surface area contributed by atoms with Crippen LogP contribution in [-0.2, 0) is 6.42 Å². The number of carboxylic acid groups (broad SMARTS) is 1. The maximum absolute atomic E-state index is 11.3. The Kier molecular flexibility index (Phi) is 5.16. The van der Waals surface area contributed by atoms with E-state index >= 15 is 0 Å². The molecule has 0 unspecified atom stereocenters. The third kappa shape index (κ3) is 6.01. The summed E-state index contributed by atoms with van der Waals surface area (Å²) in [4.78, 5) is 11.3. The van der Waals surface area contributed by atoms with Gasteiger partial charge < -0.3 is 15.5 Å². The van der Waals surface area contributed by atoms with Gasteiger partial charge in [0.05, 0.1) is 18.5 Å². The van der Waals surface area contributed by atoms with E-state index in [2.05, 4.69) is 5.32 Å². The minimum atomic E-state index is -1.79. The lowest BCUT2D eigenvalue weighted by atomic mass is 9.99. The van der Waals surface area contributed by atoms with Crippen LogP contribution in [0, 0.1) is 6.92 Å². The zero-order chi connectivity index (χ0) is 25.0. The van der Waals surface area contributed by atoms with Crippen molar-refractivity contribution in [3.63, 3.8) is 0 Å². The van der Waals surface area contributed by atoms with E-state index in [4.69, 9.17) is 6.85 Å². The van der Waals surface area contributed by atoms with E-state index < -0.39 is 12.0 Å². The van der Waals surface area contributed by atoms with Crippen LogP contribution in [0.3, 0.4) is 0 Å². The van der Waals surface area contributed by atoms with Crippen LogP contribution in [0.4, 0.5) is 0 Å². The molecule has 0 spiro atoms. The van der Waals surface area contributed by atoms with E-state index in [9.17, 15) is 15.0 Å². The maximum Gasteiger partial charge on any atom is 0.335 e. The second-order valence-electron chi connectivity index (χ2n) is 6.84. The Hall–Kier alpha value is -2.95. The first kappa shape index (κ1) is 15.0. The summed E-state index contributed by atoms with van der Waals surface area (Å²) in [6.45, 7) is 2.30. The predicted octanol–water partition coefficient (Wildman–Crippen LogP) is 4.62. The standard InChI is InChI=1S/C25H27NO3/c1-18-6-2-11-22(14-18)24(27)17-26-13-5-8-19-7-3-9-20(15-19)21-10-4-12-23(16-21)25(28)29/h2-4,6-7,9-12,14-16,24,26-27H,5,8,13,17H2,1H3,(H,28,29)/t24-/m0/s1/i3D,7D,9D,15D,24D. The Labute approximate surface area is 178 Å². The van der Waals surface area contributed by atoms with Gasteiger partial charge in [0.1, 0.15) is 0 Å². The molecule has 0 bridgehead atoms. The van der Waals surface area contributed by atoms with Crippen molar-refractivity contribution in [2.75, 3.05) is 13.1 Å². The van der Waals surface area contributed by atoms with Gasteiger partial charge in [-0.25, -0.2) is 4.79 Å². The Morgan fingerprint density at radius 1 is 1.17 bits per heavy atom. The van der Waals surface area contributed by atoms with Crippen LogP contribution in [0.5, 0.6) is 0 Å². The molecule has 29 heavy (non-hydrogen) atoms. The lowest BCUT2D eigenvalue weighted by Crippen LogP contribution is -2.22. The highest BCUT2D eigenvalue weighted by Gasteiger charge is 2.07. The molecule has 0 amide bonds. The van der Waals surface area contributed by atoms with Gasteiger partial charge in [0.25, 0.3) is 0 Å². The summed E-state index contributed by atoms with van der Waals surface area (Å²) in [6.07, 6.45) is -1.03. The van der Waals surface area contributed by atoms with E-state index in [0.29, 0.717) is 29.7 Å². The first-order valence-corrected chi connectivity index (χ1v) is 9.46. The minimum Gasteiger partial charge on any atom is -0.478 e. The fraction of sp³-hybridized carbons (Fsp3) is 0.240. The molecule has 0 aliphatic carbocycles. The molecule has 4 heteroatoms. The molecule has 3 rings (SSSR count). The second-order valence-corrected chi connectivity index (χ2v) is 6.84. The summed E-state index contributed by atoms with van der Waals surface area (Å²) >= 11 is 0. The van der Waals surface area contributed by atoms with Crippen molar-refractivity contribution in [3.8, 4) is 11.1 Å². The molecule has 3 N–H and O–H groups in total. The zero-order valence-corrected chi connectivity index (χ0v) is 16.2. The fourth-order valence-electron chi connectivity index (χ4n) is 2.98. The second kappa shape index (κ2) is 10.0. The summed E-state index contributed by atoms with van der Waals surface area (Å²) in [5.74, 6) is -1.13. The van der Waals surface area contributed by atoms with Crippen LogP contribution in [0.25, 0.3) is 11.1 Å². The van der Waals surface area contributed by atoms with Crippen LogP contribution < -0.4 is 5.32 Å². The molecule has 0 fully saturated rings. The molecular weight excluding hydrogens is 362 g/mol. The van der Waals surface area contributed by atoms with Gasteiger partial charge in [0, 0.05) is 6.54 Å². The molecule has 0 radical (unpaired) electrons. The highest BCUT2D eigenvalue weighted by molar-refractivity contribution is 5.89. The normalized spacial score (nSPS) is 15.4. The number of carbonyl (C=O) groups is 1. The maximum atomic E-state index is 11.3.